The number of carbonyl (C=O) groups excluding carboxylic acids is 1. The first-order valence-electron chi connectivity index (χ1n) is 6.44. The van der Waals surface area contributed by atoms with E-state index in [-0.39, 0.29) is 12.5 Å². The van der Waals surface area contributed by atoms with Gasteiger partial charge < -0.3 is 15.1 Å². The molecule has 1 aromatic rings. The lowest BCUT2D eigenvalue weighted by Gasteiger charge is -2.37. The van der Waals surface area contributed by atoms with Crippen LogP contribution in [0, 0.1) is 11.7 Å². The highest BCUT2D eigenvalue weighted by Crippen LogP contribution is 2.28. The van der Waals surface area contributed by atoms with E-state index in [9.17, 15) is 24.2 Å². The minimum absolute atomic E-state index is 0.209. The van der Waals surface area contributed by atoms with Crippen LogP contribution < -0.4 is 0 Å². The summed E-state index contributed by atoms with van der Waals surface area (Å²) < 4.78 is 13.7. The van der Waals surface area contributed by atoms with Crippen LogP contribution in [-0.4, -0.2) is 39.6 Å². The highest BCUT2D eigenvalue weighted by Gasteiger charge is 2.38. The Morgan fingerprint density at radius 1 is 1.40 bits per heavy atom. The molecular weight excluding hydrogens is 265 g/mol. The Bertz CT molecular complexity index is 526. The lowest BCUT2D eigenvalue weighted by atomic mass is 9.90. The molecule has 6 heteroatoms. The first-order valence-corrected chi connectivity index (χ1v) is 6.44. The number of carbonyl (C=O) groups is 2. The minimum atomic E-state index is -1.11. The summed E-state index contributed by atoms with van der Waals surface area (Å²) in [5.41, 5.74) is -0.465. The van der Waals surface area contributed by atoms with Crippen molar-refractivity contribution in [3.8, 4) is 5.75 Å². The largest absolute Gasteiger partial charge is 0.507 e. The number of aliphatic carboxylic acids is 1. The smallest absolute Gasteiger partial charge is 0.326 e. The summed E-state index contributed by atoms with van der Waals surface area (Å²) in [6.07, 6.45) is 1.36. The number of rotatable bonds is 2. The van der Waals surface area contributed by atoms with Gasteiger partial charge in [0.1, 0.15) is 23.2 Å². The molecule has 20 heavy (non-hydrogen) atoms. The Balaban J connectivity index is 2.38. The molecule has 2 rings (SSSR count). The average molecular weight is 281 g/mol. The van der Waals surface area contributed by atoms with E-state index in [0.717, 1.165) is 11.0 Å². The van der Waals surface area contributed by atoms with Crippen LogP contribution in [0.3, 0.4) is 0 Å². The van der Waals surface area contributed by atoms with E-state index in [1.165, 1.54) is 12.1 Å². The molecule has 1 aliphatic heterocycles. The molecule has 2 N–H and O–H groups in total. The summed E-state index contributed by atoms with van der Waals surface area (Å²) in [5, 5.41) is 18.9. The molecule has 1 fully saturated rings. The number of hydrogen-bond donors (Lipinski definition) is 2. The van der Waals surface area contributed by atoms with E-state index < -0.39 is 35.0 Å². The summed E-state index contributed by atoms with van der Waals surface area (Å²) >= 11 is 0. The SMILES string of the molecule is CC1CCCN(C(=O)c2c(O)cccc2F)C1C(=O)O. The predicted molar refractivity (Wildman–Crippen MR) is 68.9 cm³/mol. The second-order valence-corrected chi connectivity index (χ2v) is 5.04. The van der Waals surface area contributed by atoms with Gasteiger partial charge in [-0.05, 0) is 30.9 Å². The van der Waals surface area contributed by atoms with Gasteiger partial charge in [0.25, 0.3) is 5.91 Å². The predicted octanol–water partition coefficient (Wildman–Crippen LogP) is 1.86. The van der Waals surface area contributed by atoms with E-state index in [0.29, 0.717) is 12.8 Å². The maximum absolute atomic E-state index is 13.7. The second-order valence-electron chi connectivity index (χ2n) is 5.04. The number of aromatic hydroxyl groups is 1. The quantitative estimate of drug-likeness (QED) is 0.867. The monoisotopic (exact) mass is 281 g/mol. The van der Waals surface area contributed by atoms with Crippen LogP contribution >= 0.6 is 0 Å². The molecule has 0 radical (unpaired) electrons. The zero-order valence-electron chi connectivity index (χ0n) is 11.0. The normalized spacial score (nSPS) is 22.6. The molecule has 1 saturated heterocycles. The maximum atomic E-state index is 13.7. The Morgan fingerprint density at radius 2 is 2.10 bits per heavy atom. The number of benzene rings is 1. The topological polar surface area (TPSA) is 77.8 Å². The first kappa shape index (κ1) is 14.3. The molecule has 1 amide bonds. The number of halogens is 1. The number of carboxylic acid groups (broad SMARTS) is 1. The van der Waals surface area contributed by atoms with Gasteiger partial charge in [-0.2, -0.15) is 0 Å². The number of carboxylic acids is 1. The van der Waals surface area contributed by atoms with E-state index in [4.69, 9.17) is 0 Å². The molecule has 0 aliphatic carbocycles. The summed E-state index contributed by atoms with van der Waals surface area (Å²) in [4.78, 5) is 24.8. The van der Waals surface area contributed by atoms with Crippen molar-refractivity contribution >= 4 is 11.9 Å². The fourth-order valence-electron chi connectivity index (χ4n) is 2.66. The Labute approximate surface area is 115 Å². The molecule has 5 nitrogen and oxygen atoms in total. The molecular formula is C14H16FNO4. The third kappa shape index (κ3) is 2.45. The molecule has 1 aromatic carbocycles. The fourth-order valence-corrected chi connectivity index (χ4v) is 2.66. The highest BCUT2D eigenvalue weighted by atomic mass is 19.1. The second kappa shape index (κ2) is 5.48. The zero-order valence-corrected chi connectivity index (χ0v) is 11.0. The van der Waals surface area contributed by atoms with Gasteiger partial charge in [0.05, 0.1) is 0 Å². The average Bonchev–Trinajstić information content (AvgIpc) is 2.37. The van der Waals surface area contributed by atoms with Crippen molar-refractivity contribution in [1.29, 1.82) is 0 Å². The van der Waals surface area contributed by atoms with Crippen molar-refractivity contribution < 1.29 is 24.2 Å². The van der Waals surface area contributed by atoms with Crippen molar-refractivity contribution in [1.82, 2.24) is 4.90 Å². The number of hydrogen-bond acceptors (Lipinski definition) is 3. The summed E-state index contributed by atoms with van der Waals surface area (Å²) in [7, 11) is 0. The number of phenols is 1. The number of likely N-dealkylation sites (tertiary alicyclic amines) is 1. The van der Waals surface area contributed by atoms with Crippen LogP contribution in [0.25, 0.3) is 0 Å². The highest BCUT2D eigenvalue weighted by molar-refractivity contribution is 5.99. The Morgan fingerprint density at radius 3 is 2.70 bits per heavy atom. The lowest BCUT2D eigenvalue weighted by Crippen LogP contribution is -2.52. The van der Waals surface area contributed by atoms with Gasteiger partial charge in [-0.3, -0.25) is 4.79 Å². The van der Waals surface area contributed by atoms with E-state index >= 15 is 0 Å². The van der Waals surface area contributed by atoms with E-state index in [2.05, 4.69) is 0 Å². The molecule has 0 aromatic heterocycles. The Hall–Kier alpha value is -2.11. The van der Waals surface area contributed by atoms with Crippen molar-refractivity contribution in [3.05, 3.63) is 29.6 Å². The van der Waals surface area contributed by atoms with Crippen molar-refractivity contribution in [2.24, 2.45) is 5.92 Å². The number of phenolic OH excluding ortho intramolecular Hbond substituents is 1. The summed E-state index contributed by atoms with van der Waals surface area (Å²) in [6, 6.07) is 2.57. The number of nitrogens with zero attached hydrogens (tertiary/aromatic N) is 1. The molecule has 2 unspecified atom stereocenters. The van der Waals surface area contributed by atoms with Crippen LogP contribution in [0.2, 0.25) is 0 Å². The summed E-state index contributed by atoms with van der Waals surface area (Å²) in [6.45, 7) is 1.99. The maximum Gasteiger partial charge on any atom is 0.326 e. The standard InChI is InChI=1S/C14H16FNO4/c1-8-4-3-7-16(12(8)14(19)20)13(18)11-9(15)5-2-6-10(11)17/h2,5-6,8,12,17H,3-4,7H2,1H3,(H,19,20). The number of piperidine rings is 1. The molecule has 0 bridgehead atoms. The van der Waals surface area contributed by atoms with Gasteiger partial charge in [-0.1, -0.05) is 13.0 Å². The van der Waals surface area contributed by atoms with Crippen molar-refractivity contribution in [2.75, 3.05) is 6.54 Å². The molecule has 0 spiro atoms. The van der Waals surface area contributed by atoms with Gasteiger partial charge in [0.15, 0.2) is 0 Å². The third-order valence-corrected chi connectivity index (χ3v) is 3.65. The minimum Gasteiger partial charge on any atom is -0.507 e. The molecule has 1 aliphatic rings. The molecule has 1 heterocycles. The molecule has 0 saturated carbocycles. The Kier molecular flexibility index (Phi) is 3.92. The van der Waals surface area contributed by atoms with Gasteiger partial charge in [0.2, 0.25) is 0 Å². The van der Waals surface area contributed by atoms with Gasteiger partial charge in [-0.15, -0.1) is 0 Å². The van der Waals surface area contributed by atoms with Gasteiger partial charge >= 0.3 is 5.97 Å². The van der Waals surface area contributed by atoms with Crippen LogP contribution in [0.1, 0.15) is 30.1 Å². The van der Waals surface area contributed by atoms with Crippen LogP contribution in [0.4, 0.5) is 4.39 Å². The third-order valence-electron chi connectivity index (χ3n) is 3.65. The van der Waals surface area contributed by atoms with Crippen LogP contribution in [0.5, 0.6) is 5.75 Å². The van der Waals surface area contributed by atoms with Crippen molar-refractivity contribution in [3.63, 3.8) is 0 Å². The van der Waals surface area contributed by atoms with E-state index in [1.807, 2.05) is 0 Å². The van der Waals surface area contributed by atoms with Gasteiger partial charge in [-0.25, -0.2) is 9.18 Å². The molecule has 2 atom stereocenters. The first-order chi connectivity index (χ1) is 9.43. The van der Waals surface area contributed by atoms with Crippen molar-refractivity contribution in [2.45, 2.75) is 25.8 Å². The fraction of sp³-hybridized carbons (Fsp3) is 0.429. The zero-order chi connectivity index (χ0) is 14.9. The van der Waals surface area contributed by atoms with Crippen LogP contribution in [-0.2, 0) is 4.79 Å². The number of amides is 1. The van der Waals surface area contributed by atoms with Gasteiger partial charge in [0, 0.05) is 6.54 Å². The van der Waals surface area contributed by atoms with E-state index in [1.54, 1.807) is 6.92 Å². The summed E-state index contributed by atoms with van der Waals surface area (Å²) in [5.74, 6) is -3.42. The lowest BCUT2D eigenvalue weighted by molar-refractivity contribution is -0.145. The van der Waals surface area contributed by atoms with Crippen LogP contribution in [0.15, 0.2) is 18.2 Å². The molecule has 108 valence electrons.